The monoisotopic (exact) mass is 159 g/mol. The van der Waals surface area contributed by atoms with E-state index in [-0.39, 0.29) is 9.52 Å². The van der Waals surface area contributed by atoms with Crippen LogP contribution in [0.15, 0.2) is 0 Å². The molecule has 0 radical (unpaired) electrons. The second-order valence-corrected chi connectivity index (χ2v) is 5.55. The van der Waals surface area contributed by atoms with Gasteiger partial charge in [-0.25, -0.2) is 5.48 Å². The summed E-state index contributed by atoms with van der Waals surface area (Å²) in [5.41, 5.74) is 2.84. The first-order valence-electron chi connectivity index (χ1n) is 4.18. The average molecular weight is 159 g/mol. The van der Waals surface area contributed by atoms with E-state index < -0.39 is 0 Å². The number of hydrogen-bond acceptors (Lipinski definition) is 2. The van der Waals surface area contributed by atoms with E-state index in [1.54, 1.807) is 0 Å². The average Bonchev–Trinajstić information content (AvgIpc) is 2.39. The van der Waals surface area contributed by atoms with Crippen molar-refractivity contribution >= 4 is 9.52 Å². The second-order valence-electron chi connectivity index (χ2n) is 3.05. The third-order valence-electron chi connectivity index (χ3n) is 2.48. The Morgan fingerprint density at radius 1 is 1.70 bits per heavy atom. The minimum Gasteiger partial charge on any atom is -0.300 e. The summed E-state index contributed by atoms with van der Waals surface area (Å²) in [5.74, 6) is 0. The standard InChI is InChI=1S/C7H17NOSi/c1-3-7(9-8-2)5-4-6-10-7/h8H,3-6,10H2,1-2H3. The first kappa shape index (κ1) is 8.24. The van der Waals surface area contributed by atoms with Crippen LogP contribution in [0.4, 0.5) is 0 Å². The lowest BCUT2D eigenvalue weighted by atomic mass is 10.2. The molecule has 0 aromatic heterocycles. The Balaban J connectivity index is 2.41. The molecule has 0 bridgehead atoms. The molecule has 10 heavy (non-hydrogen) atoms. The molecule has 0 spiro atoms. The van der Waals surface area contributed by atoms with Crippen molar-refractivity contribution in [2.75, 3.05) is 7.05 Å². The highest BCUT2D eigenvalue weighted by Crippen LogP contribution is 2.28. The van der Waals surface area contributed by atoms with Gasteiger partial charge < -0.3 is 0 Å². The lowest BCUT2D eigenvalue weighted by Crippen LogP contribution is -2.38. The van der Waals surface area contributed by atoms with E-state index >= 15 is 0 Å². The van der Waals surface area contributed by atoms with E-state index in [0.717, 1.165) is 0 Å². The largest absolute Gasteiger partial charge is 0.300 e. The van der Waals surface area contributed by atoms with Crippen LogP contribution in [0.2, 0.25) is 6.04 Å². The van der Waals surface area contributed by atoms with Crippen LogP contribution in [-0.2, 0) is 4.84 Å². The van der Waals surface area contributed by atoms with Gasteiger partial charge in [0, 0.05) is 7.05 Å². The van der Waals surface area contributed by atoms with Crippen LogP contribution in [0.25, 0.3) is 0 Å². The van der Waals surface area contributed by atoms with E-state index in [0.29, 0.717) is 5.22 Å². The smallest absolute Gasteiger partial charge is 0.0726 e. The van der Waals surface area contributed by atoms with Gasteiger partial charge in [-0.15, -0.1) is 0 Å². The minimum atomic E-state index is 0.0546. The molecule has 1 N–H and O–H groups in total. The molecule has 1 heterocycles. The second kappa shape index (κ2) is 3.51. The van der Waals surface area contributed by atoms with Crippen LogP contribution in [0.5, 0.6) is 0 Å². The predicted molar refractivity (Wildman–Crippen MR) is 45.8 cm³/mol. The summed E-state index contributed by atoms with van der Waals surface area (Å²) in [6.45, 7) is 2.23. The van der Waals surface area contributed by atoms with Crippen LogP contribution in [0, 0.1) is 0 Å². The van der Waals surface area contributed by atoms with Crippen molar-refractivity contribution in [2.45, 2.75) is 37.5 Å². The third-order valence-corrected chi connectivity index (χ3v) is 5.24. The van der Waals surface area contributed by atoms with Crippen LogP contribution in [0.1, 0.15) is 26.2 Å². The van der Waals surface area contributed by atoms with Crippen LogP contribution < -0.4 is 5.48 Å². The van der Waals surface area contributed by atoms with Crippen molar-refractivity contribution in [3.05, 3.63) is 0 Å². The molecule has 2 nitrogen and oxygen atoms in total. The fourth-order valence-electron chi connectivity index (χ4n) is 1.76. The van der Waals surface area contributed by atoms with Crippen molar-refractivity contribution in [1.82, 2.24) is 5.48 Å². The summed E-state index contributed by atoms with van der Waals surface area (Å²) < 4.78 is 0. The van der Waals surface area contributed by atoms with E-state index in [9.17, 15) is 0 Å². The summed E-state index contributed by atoms with van der Waals surface area (Å²) in [4.78, 5) is 5.55. The molecule has 0 saturated carbocycles. The third kappa shape index (κ3) is 1.59. The maximum Gasteiger partial charge on any atom is 0.0726 e. The maximum absolute atomic E-state index is 5.55. The van der Waals surface area contributed by atoms with Gasteiger partial charge in [-0.2, -0.15) is 0 Å². The van der Waals surface area contributed by atoms with Gasteiger partial charge in [0.25, 0.3) is 0 Å². The first-order chi connectivity index (χ1) is 4.83. The molecule has 1 fully saturated rings. The molecule has 1 atom stereocenters. The van der Waals surface area contributed by atoms with Crippen molar-refractivity contribution in [3.63, 3.8) is 0 Å². The van der Waals surface area contributed by atoms with Crippen molar-refractivity contribution in [3.8, 4) is 0 Å². The molecule has 3 heteroatoms. The summed E-state index contributed by atoms with van der Waals surface area (Å²) in [5, 5.41) is 0.314. The molecule has 0 aromatic rings. The molecular formula is C7H17NOSi. The zero-order valence-corrected chi connectivity index (χ0v) is 8.36. The molecule has 0 amide bonds. The summed E-state index contributed by atoms with van der Waals surface area (Å²) >= 11 is 0. The Labute approximate surface area is 65.1 Å². The van der Waals surface area contributed by atoms with Gasteiger partial charge in [0.2, 0.25) is 0 Å². The molecule has 1 saturated heterocycles. The molecule has 1 rings (SSSR count). The summed E-state index contributed by atoms with van der Waals surface area (Å²) in [6.07, 6.45) is 3.87. The SMILES string of the molecule is CCC1(ONC)CCC[SiH2]1. The Morgan fingerprint density at radius 2 is 2.50 bits per heavy atom. The van der Waals surface area contributed by atoms with Crippen molar-refractivity contribution < 1.29 is 4.84 Å². The van der Waals surface area contributed by atoms with Gasteiger partial charge in [0.1, 0.15) is 0 Å². The molecule has 0 aliphatic carbocycles. The quantitative estimate of drug-likeness (QED) is 0.481. The van der Waals surface area contributed by atoms with Gasteiger partial charge in [0.15, 0.2) is 0 Å². The highest BCUT2D eigenvalue weighted by molar-refractivity contribution is 6.40. The normalized spacial score (nSPS) is 35.4. The molecule has 1 unspecified atom stereocenters. The Kier molecular flexibility index (Phi) is 2.89. The molecule has 60 valence electrons. The highest BCUT2D eigenvalue weighted by Gasteiger charge is 2.33. The van der Waals surface area contributed by atoms with Crippen LogP contribution in [-0.4, -0.2) is 21.8 Å². The first-order valence-corrected chi connectivity index (χ1v) is 5.88. The van der Waals surface area contributed by atoms with Gasteiger partial charge >= 0.3 is 0 Å². The molecule has 1 aliphatic rings. The molecule has 1 aliphatic heterocycles. The lowest BCUT2D eigenvalue weighted by Gasteiger charge is -2.26. The van der Waals surface area contributed by atoms with Crippen molar-refractivity contribution in [2.24, 2.45) is 0 Å². The topological polar surface area (TPSA) is 21.3 Å². The lowest BCUT2D eigenvalue weighted by molar-refractivity contribution is -0.0463. The van der Waals surface area contributed by atoms with E-state index in [4.69, 9.17) is 4.84 Å². The summed E-state index contributed by atoms with van der Waals surface area (Å²) in [7, 11) is 1.92. The molecular weight excluding hydrogens is 142 g/mol. The number of rotatable bonds is 3. The van der Waals surface area contributed by atoms with Gasteiger partial charge in [-0.05, 0) is 12.8 Å². The number of hydrogen-bond donors (Lipinski definition) is 1. The Bertz CT molecular complexity index is 102. The minimum absolute atomic E-state index is 0.0546. The fraction of sp³-hybridized carbons (Fsp3) is 1.00. The van der Waals surface area contributed by atoms with Gasteiger partial charge in [0.05, 0.1) is 14.7 Å². The van der Waals surface area contributed by atoms with Crippen LogP contribution in [0.3, 0.4) is 0 Å². The Morgan fingerprint density at radius 3 is 2.90 bits per heavy atom. The van der Waals surface area contributed by atoms with Gasteiger partial charge in [-0.3, -0.25) is 4.84 Å². The Hall–Kier alpha value is 0.137. The highest BCUT2D eigenvalue weighted by atomic mass is 28.2. The fourth-order valence-corrected chi connectivity index (χ4v) is 4.01. The van der Waals surface area contributed by atoms with Crippen molar-refractivity contribution in [1.29, 1.82) is 0 Å². The zero-order chi connectivity index (χ0) is 7.45. The summed E-state index contributed by atoms with van der Waals surface area (Å²) in [6, 6.07) is 1.47. The zero-order valence-electron chi connectivity index (χ0n) is 6.94. The predicted octanol–water partition coefficient (Wildman–Crippen LogP) is 0.625. The van der Waals surface area contributed by atoms with E-state index in [1.165, 1.54) is 25.3 Å². The molecule has 0 aromatic carbocycles. The van der Waals surface area contributed by atoms with E-state index in [2.05, 4.69) is 12.4 Å². The maximum atomic E-state index is 5.55. The van der Waals surface area contributed by atoms with Crippen LogP contribution >= 0.6 is 0 Å². The number of nitrogens with one attached hydrogen (secondary N) is 1. The van der Waals surface area contributed by atoms with Gasteiger partial charge in [-0.1, -0.05) is 19.4 Å². The number of hydroxylamine groups is 1. The van der Waals surface area contributed by atoms with E-state index in [1.807, 2.05) is 7.05 Å².